The minimum Gasteiger partial charge on any atom is -0.391 e. The van der Waals surface area contributed by atoms with Crippen LogP contribution in [0.3, 0.4) is 0 Å². The second-order valence-electron chi connectivity index (χ2n) is 2.52. The summed E-state index contributed by atoms with van der Waals surface area (Å²) < 4.78 is 1.21. The van der Waals surface area contributed by atoms with Gasteiger partial charge in [0.15, 0.2) is 0 Å². The summed E-state index contributed by atoms with van der Waals surface area (Å²) in [5, 5.41) is 12.8. The quantitative estimate of drug-likeness (QED) is 0.608. The maximum Gasteiger partial charge on any atom is 0.343 e. The van der Waals surface area contributed by atoms with E-state index in [4.69, 9.17) is 5.11 Å². The molecular formula is C6H11N3O2. The summed E-state index contributed by atoms with van der Waals surface area (Å²) in [6.07, 6.45) is 0.734. The molecule has 11 heavy (non-hydrogen) atoms. The summed E-state index contributed by atoms with van der Waals surface area (Å²) in [6, 6.07) is -0.284. The van der Waals surface area contributed by atoms with Crippen molar-refractivity contribution in [3.63, 3.8) is 0 Å². The smallest absolute Gasteiger partial charge is 0.343 e. The Labute approximate surface area is 63.7 Å². The molecule has 0 aliphatic heterocycles. The fraction of sp³-hybridized carbons (Fsp3) is 0.667. The molecule has 1 aromatic heterocycles. The van der Waals surface area contributed by atoms with Crippen molar-refractivity contribution in [2.24, 2.45) is 0 Å². The zero-order chi connectivity index (χ0) is 8.43. The molecule has 0 saturated carbocycles. The van der Waals surface area contributed by atoms with E-state index in [9.17, 15) is 4.79 Å². The van der Waals surface area contributed by atoms with Crippen molar-refractivity contribution in [1.29, 1.82) is 0 Å². The molecule has 5 nitrogen and oxygen atoms in total. The summed E-state index contributed by atoms with van der Waals surface area (Å²) >= 11 is 0. The average molecular weight is 157 g/mol. The van der Waals surface area contributed by atoms with E-state index in [1.54, 1.807) is 13.8 Å². The van der Waals surface area contributed by atoms with Crippen LogP contribution in [0.25, 0.3) is 0 Å². The lowest BCUT2D eigenvalue weighted by atomic mass is 10.2. The highest BCUT2D eigenvalue weighted by atomic mass is 16.3. The van der Waals surface area contributed by atoms with Gasteiger partial charge in [0.2, 0.25) is 0 Å². The predicted octanol–water partition coefficient (Wildman–Crippen LogP) is -0.487. The molecular weight excluding hydrogens is 146 g/mol. The standard InChI is InChI=1S/C6H11N3O2/c1-4(5(2)10)9-6(11)7-3-8-9/h3-5,10H,1-2H3,(H,7,8,11)/t4-,5-/m0/s1. The van der Waals surface area contributed by atoms with Crippen LogP contribution in [-0.4, -0.2) is 26.0 Å². The van der Waals surface area contributed by atoms with Crippen LogP contribution in [-0.2, 0) is 0 Å². The van der Waals surface area contributed by atoms with Crippen LogP contribution in [0.4, 0.5) is 0 Å². The van der Waals surface area contributed by atoms with Crippen molar-refractivity contribution in [2.75, 3.05) is 0 Å². The van der Waals surface area contributed by atoms with Gasteiger partial charge in [0, 0.05) is 0 Å². The molecule has 0 fully saturated rings. The molecule has 0 aliphatic carbocycles. The average Bonchev–Trinajstić information content (AvgIpc) is 2.33. The molecule has 0 bridgehead atoms. The topological polar surface area (TPSA) is 70.9 Å². The molecule has 0 aromatic carbocycles. The van der Waals surface area contributed by atoms with E-state index in [1.165, 1.54) is 11.0 Å². The van der Waals surface area contributed by atoms with Crippen molar-refractivity contribution in [3.05, 3.63) is 16.8 Å². The number of rotatable bonds is 2. The monoisotopic (exact) mass is 157 g/mol. The van der Waals surface area contributed by atoms with E-state index in [1.807, 2.05) is 0 Å². The molecule has 0 aliphatic rings. The maximum atomic E-state index is 10.9. The van der Waals surface area contributed by atoms with Gasteiger partial charge < -0.3 is 5.11 Å². The first kappa shape index (κ1) is 8.00. The van der Waals surface area contributed by atoms with Gasteiger partial charge in [0.25, 0.3) is 0 Å². The Morgan fingerprint density at radius 2 is 2.36 bits per heavy atom. The van der Waals surface area contributed by atoms with Crippen molar-refractivity contribution in [2.45, 2.75) is 26.0 Å². The highest BCUT2D eigenvalue weighted by Gasteiger charge is 2.13. The summed E-state index contributed by atoms with van der Waals surface area (Å²) in [7, 11) is 0. The van der Waals surface area contributed by atoms with Crippen LogP contribution in [0.5, 0.6) is 0 Å². The van der Waals surface area contributed by atoms with Gasteiger partial charge >= 0.3 is 5.69 Å². The number of hydrogen-bond acceptors (Lipinski definition) is 3. The third-order valence-corrected chi connectivity index (χ3v) is 1.66. The lowest BCUT2D eigenvalue weighted by molar-refractivity contribution is 0.130. The zero-order valence-corrected chi connectivity index (χ0v) is 6.48. The number of H-pyrrole nitrogens is 1. The van der Waals surface area contributed by atoms with E-state index < -0.39 is 6.10 Å². The lowest BCUT2D eigenvalue weighted by Gasteiger charge is -2.12. The van der Waals surface area contributed by atoms with Crippen LogP contribution in [0.2, 0.25) is 0 Å². The molecule has 62 valence electrons. The Bertz CT molecular complexity index is 275. The van der Waals surface area contributed by atoms with Gasteiger partial charge in [0.1, 0.15) is 6.33 Å². The molecule has 2 atom stereocenters. The van der Waals surface area contributed by atoms with Crippen LogP contribution in [0.15, 0.2) is 11.1 Å². The number of nitrogens with one attached hydrogen (secondary N) is 1. The van der Waals surface area contributed by atoms with Gasteiger partial charge in [-0.25, -0.2) is 9.48 Å². The second kappa shape index (κ2) is 2.87. The predicted molar refractivity (Wildman–Crippen MR) is 39.2 cm³/mol. The Morgan fingerprint density at radius 3 is 2.73 bits per heavy atom. The lowest BCUT2D eigenvalue weighted by Crippen LogP contribution is -2.28. The fourth-order valence-electron chi connectivity index (χ4n) is 0.759. The molecule has 0 amide bonds. The number of aromatic nitrogens is 3. The molecule has 1 aromatic rings. The Kier molecular flexibility index (Phi) is 2.09. The van der Waals surface area contributed by atoms with Crippen LogP contribution >= 0.6 is 0 Å². The maximum absolute atomic E-state index is 10.9. The first-order valence-corrected chi connectivity index (χ1v) is 3.43. The highest BCUT2D eigenvalue weighted by molar-refractivity contribution is 4.69. The second-order valence-corrected chi connectivity index (χ2v) is 2.52. The van der Waals surface area contributed by atoms with E-state index in [2.05, 4.69) is 10.1 Å². The van der Waals surface area contributed by atoms with Crippen LogP contribution < -0.4 is 5.69 Å². The van der Waals surface area contributed by atoms with E-state index in [-0.39, 0.29) is 11.7 Å². The van der Waals surface area contributed by atoms with Crippen molar-refractivity contribution in [1.82, 2.24) is 14.8 Å². The van der Waals surface area contributed by atoms with E-state index in [0.717, 1.165) is 0 Å². The van der Waals surface area contributed by atoms with Gasteiger partial charge in [0.05, 0.1) is 12.1 Å². The molecule has 0 unspecified atom stereocenters. The van der Waals surface area contributed by atoms with E-state index >= 15 is 0 Å². The summed E-state index contributed by atoms with van der Waals surface area (Å²) in [5.41, 5.74) is -0.293. The first-order chi connectivity index (χ1) is 5.13. The SMILES string of the molecule is C[C@H](O)[C@H](C)n1nc[nH]c1=O. The van der Waals surface area contributed by atoms with Crippen molar-refractivity contribution in [3.8, 4) is 0 Å². The number of aliphatic hydroxyl groups excluding tert-OH is 1. The molecule has 0 radical (unpaired) electrons. The van der Waals surface area contributed by atoms with Gasteiger partial charge in [-0.05, 0) is 13.8 Å². The van der Waals surface area contributed by atoms with Crippen LogP contribution in [0.1, 0.15) is 19.9 Å². The van der Waals surface area contributed by atoms with Crippen LogP contribution in [0, 0.1) is 0 Å². The normalized spacial score (nSPS) is 16.3. The Hall–Kier alpha value is -1.10. The van der Waals surface area contributed by atoms with Gasteiger partial charge in [-0.15, -0.1) is 0 Å². The third kappa shape index (κ3) is 1.48. The van der Waals surface area contributed by atoms with Gasteiger partial charge in [-0.3, -0.25) is 4.98 Å². The van der Waals surface area contributed by atoms with Crippen molar-refractivity contribution < 1.29 is 5.11 Å². The highest BCUT2D eigenvalue weighted by Crippen LogP contribution is 2.04. The molecule has 1 heterocycles. The van der Waals surface area contributed by atoms with Crippen molar-refractivity contribution >= 4 is 0 Å². The third-order valence-electron chi connectivity index (χ3n) is 1.66. The molecule has 5 heteroatoms. The minimum absolute atomic E-state index is 0.284. The largest absolute Gasteiger partial charge is 0.391 e. The first-order valence-electron chi connectivity index (χ1n) is 3.43. The fourth-order valence-corrected chi connectivity index (χ4v) is 0.759. The minimum atomic E-state index is -0.573. The number of nitrogens with zero attached hydrogens (tertiary/aromatic N) is 2. The zero-order valence-electron chi connectivity index (χ0n) is 6.48. The summed E-state index contributed by atoms with van der Waals surface area (Å²) in [5.74, 6) is 0. The molecule has 0 saturated heterocycles. The summed E-state index contributed by atoms with van der Waals surface area (Å²) in [4.78, 5) is 13.3. The number of hydrogen-bond donors (Lipinski definition) is 2. The molecule has 2 N–H and O–H groups in total. The molecule has 0 spiro atoms. The van der Waals surface area contributed by atoms with Gasteiger partial charge in [-0.1, -0.05) is 0 Å². The number of aromatic amines is 1. The Balaban J connectivity index is 2.93. The van der Waals surface area contributed by atoms with E-state index in [0.29, 0.717) is 0 Å². The Morgan fingerprint density at radius 1 is 1.73 bits per heavy atom. The summed E-state index contributed by atoms with van der Waals surface area (Å²) in [6.45, 7) is 3.35. The van der Waals surface area contributed by atoms with Gasteiger partial charge in [-0.2, -0.15) is 5.10 Å². The molecule has 1 rings (SSSR count). The number of aliphatic hydroxyl groups is 1.